The number of halogens is 1. The van der Waals surface area contributed by atoms with Crippen LogP contribution in [-0.2, 0) is 4.79 Å². The second-order valence-corrected chi connectivity index (χ2v) is 4.92. The molecule has 5 heteroatoms. The van der Waals surface area contributed by atoms with Gasteiger partial charge >= 0.3 is 0 Å². The van der Waals surface area contributed by atoms with Gasteiger partial charge in [-0.1, -0.05) is 12.1 Å². The molecule has 2 rings (SSSR count). The molecule has 0 saturated carbocycles. The SMILES string of the molecule is O=C(CCN1CCC(CO)C1)Nc1ccccc1F. The van der Waals surface area contributed by atoms with Crippen LogP contribution in [0, 0.1) is 11.7 Å². The molecule has 4 nitrogen and oxygen atoms in total. The van der Waals surface area contributed by atoms with Crippen molar-refractivity contribution in [3.8, 4) is 0 Å². The molecule has 19 heavy (non-hydrogen) atoms. The normalized spacial score (nSPS) is 19.6. The number of amides is 1. The van der Waals surface area contributed by atoms with Gasteiger partial charge in [-0.2, -0.15) is 0 Å². The fourth-order valence-corrected chi connectivity index (χ4v) is 2.30. The molecule has 0 aromatic heterocycles. The van der Waals surface area contributed by atoms with E-state index in [-0.39, 0.29) is 18.2 Å². The molecule has 0 radical (unpaired) electrons. The number of carbonyl (C=O) groups excluding carboxylic acids is 1. The van der Waals surface area contributed by atoms with Crippen molar-refractivity contribution in [2.45, 2.75) is 12.8 Å². The van der Waals surface area contributed by atoms with E-state index in [9.17, 15) is 9.18 Å². The number of anilines is 1. The van der Waals surface area contributed by atoms with Gasteiger partial charge in [0.15, 0.2) is 0 Å². The molecule has 1 atom stereocenters. The average Bonchev–Trinajstić information content (AvgIpc) is 2.87. The number of aliphatic hydroxyl groups excluding tert-OH is 1. The van der Waals surface area contributed by atoms with E-state index in [2.05, 4.69) is 10.2 Å². The lowest BCUT2D eigenvalue weighted by Crippen LogP contribution is -2.26. The molecular formula is C14H19FN2O2. The Kier molecular flexibility index (Phi) is 4.87. The zero-order valence-corrected chi connectivity index (χ0v) is 10.8. The summed E-state index contributed by atoms with van der Waals surface area (Å²) in [6.07, 6.45) is 1.32. The third-order valence-electron chi connectivity index (χ3n) is 3.43. The summed E-state index contributed by atoms with van der Waals surface area (Å²) in [7, 11) is 0. The van der Waals surface area contributed by atoms with E-state index in [1.807, 2.05) is 0 Å². The summed E-state index contributed by atoms with van der Waals surface area (Å²) in [4.78, 5) is 13.9. The average molecular weight is 266 g/mol. The number of carbonyl (C=O) groups is 1. The minimum atomic E-state index is -0.419. The Labute approximate surface area is 112 Å². The van der Waals surface area contributed by atoms with E-state index >= 15 is 0 Å². The fourth-order valence-electron chi connectivity index (χ4n) is 2.30. The number of nitrogens with one attached hydrogen (secondary N) is 1. The number of rotatable bonds is 5. The van der Waals surface area contributed by atoms with Gasteiger partial charge in [0, 0.05) is 26.1 Å². The van der Waals surface area contributed by atoms with E-state index in [1.165, 1.54) is 6.07 Å². The van der Waals surface area contributed by atoms with E-state index in [0.29, 0.717) is 18.9 Å². The highest BCUT2D eigenvalue weighted by atomic mass is 19.1. The Morgan fingerprint density at radius 3 is 2.95 bits per heavy atom. The number of para-hydroxylation sites is 1. The summed E-state index contributed by atoms with van der Waals surface area (Å²) in [6, 6.07) is 6.14. The number of aliphatic hydroxyl groups is 1. The second-order valence-electron chi connectivity index (χ2n) is 4.92. The number of likely N-dealkylation sites (tertiary alicyclic amines) is 1. The number of hydrogen-bond acceptors (Lipinski definition) is 3. The van der Waals surface area contributed by atoms with Crippen molar-refractivity contribution >= 4 is 11.6 Å². The van der Waals surface area contributed by atoms with Gasteiger partial charge in [-0.25, -0.2) is 4.39 Å². The van der Waals surface area contributed by atoms with Crippen LogP contribution in [0.5, 0.6) is 0 Å². The van der Waals surface area contributed by atoms with Gasteiger partial charge in [0.05, 0.1) is 5.69 Å². The lowest BCUT2D eigenvalue weighted by atomic mass is 10.1. The maximum Gasteiger partial charge on any atom is 0.225 e. The van der Waals surface area contributed by atoms with Crippen LogP contribution in [0.3, 0.4) is 0 Å². The second kappa shape index (κ2) is 6.63. The van der Waals surface area contributed by atoms with Crippen LogP contribution in [-0.4, -0.2) is 42.2 Å². The summed E-state index contributed by atoms with van der Waals surface area (Å²) < 4.78 is 13.3. The van der Waals surface area contributed by atoms with Crippen LogP contribution in [0.2, 0.25) is 0 Å². The van der Waals surface area contributed by atoms with Crippen molar-refractivity contribution in [2.24, 2.45) is 5.92 Å². The molecule has 1 aliphatic rings. The Hall–Kier alpha value is -1.46. The zero-order valence-electron chi connectivity index (χ0n) is 10.8. The lowest BCUT2D eigenvalue weighted by molar-refractivity contribution is -0.116. The van der Waals surface area contributed by atoms with Crippen molar-refractivity contribution in [3.05, 3.63) is 30.1 Å². The highest BCUT2D eigenvalue weighted by Crippen LogP contribution is 2.16. The predicted octanol–water partition coefficient (Wildman–Crippen LogP) is 1.47. The maximum absolute atomic E-state index is 13.3. The molecule has 0 aliphatic carbocycles. The van der Waals surface area contributed by atoms with Crippen molar-refractivity contribution in [1.82, 2.24) is 4.90 Å². The highest BCUT2D eigenvalue weighted by molar-refractivity contribution is 5.90. The first-order valence-electron chi connectivity index (χ1n) is 6.56. The first-order chi connectivity index (χ1) is 9.19. The molecule has 1 saturated heterocycles. The fraction of sp³-hybridized carbons (Fsp3) is 0.500. The number of nitrogens with zero attached hydrogens (tertiary/aromatic N) is 1. The lowest BCUT2D eigenvalue weighted by Gasteiger charge is -2.15. The van der Waals surface area contributed by atoms with Crippen molar-refractivity contribution in [2.75, 3.05) is 31.6 Å². The van der Waals surface area contributed by atoms with Gasteiger partial charge in [0.1, 0.15) is 5.82 Å². The summed E-state index contributed by atoms with van der Waals surface area (Å²) in [5.74, 6) is -0.274. The van der Waals surface area contributed by atoms with Crippen LogP contribution >= 0.6 is 0 Å². The van der Waals surface area contributed by atoms with Gasteiger partial charge in [-0.05, 0) is 31.0 Å². The highest BCUT2D eigenvalue weighted by Gasteiger charge is 2.21. The molecule has 104 valence electrons. The Morgan fingerprint density at radius 2 is 2.26 bits per heavy atom. The van der Waals surface area contributed by atoms with Gasteiger partial charge in [-0.3, -0.25) is 4.79 Å². The van der Waals surface area contributed by atoms with Gasteiger partial charge in [0.25, 0.3) is 0 Å². The van der Waals surface area contributed by atoms with E-state index in [0.717, 1.165) is 19.5 Å². The molecule has 1 aliphatic heterocycles. The van der Waals surface area contributed by atoms with E-state index in [4.69, 9.17) is 5.11 Å². The molecule has 1 fully saturated rings. The summed E-state index contributed by atoms with van der Waals surface area (Å²) in [5, 5.41) is 11.6. The van der Waals surface area contributed by atoms with Crippen LogP contribution < -0.4 is 5.32 Å². The van der Waals surface area contributed by atoms with Crippen molar-refractivity contribution in [1.29, 1.82) is 0 Å². The van der Waals surface area contributed by atoms with Gasteiger partial charge in [-0.15, -0.1) is 0 Å². The first kappa shape index (κ1) is 14.0. The molecule has 1 amide bonds. The zero-order chi connectivity index (χ0) is 13.7. The minimum absolute atomic E-state index is 0.183. The van der Waals surface area contributed by atoms with E-state index in [1.54, 1.807) is 18.2 Å². The maximum atomic E-state index is 13.3. The Morgan fingerprint density at radius 1 is 1.47 bits per heavy atom. The monoisotopic (exact) mass is 266 g/mol. The van der Waals surface area contributed by atoms with Crippen LogP contribution in [0.1, 0.15) is 12.8 Å². The van der Waals surface area contributed by atoms with Gasteiger partial charge in [0.2, 0.25) is 5.91 Å². The molecule has 1 heterocycles. The topological polar surface area (TPSA) is 52.6 Å². The van der Waals surface area contributed by atoms with Crippen molar-refractivity contribution < 1.29 is 14.3 Å². The first-order valence-corrected chi connectivity index (χ1v) is 6.56. The third-order valence-corrected chi connectivity index (χ3v) is 3.43. The molecule has 1 unspecified atom stereocenters. The predicted molar refractivity (Wildman–Crippen MR) is 71.3 cm³/mol. The van der Waals surface area contributed by atoms with Crippen LogP contribution in [0.25, 0.3) is 0 Å². The number of benzene rings is 1. The Bertz CT molecular complexity index is 439. The van der Waals surface area contributed by atoms with Gasteiger partial charge < -0.3 is 15.3 Å². The molecule has 0 bridgehead atoms. The summed E-state index contributed by atoms with van der Waals surface area (Å²) in [5.41, 5.74) is 0.224. The number of hydrogen-bond donors (Lipinski definition) is 2. The molecule has 1 aromatic carbocycles. The van der Waals surface area contributed by atoms with Crippen molar-refractivity contribution in [3.63, 3.8) is 0 Å². The minimum Gasteiger partial charge on any atom is -0.396 e. The quantitative estimate of drug-likeness (QED) is 0.848. The molecule has 1 aromatic rings. The van der Waals surface area contributed by atoms with Crippen LogP contribution in [0.4, 0.5) is 10.1 Å². The molecular weight excluding hydrogens is 247 g/mol. The van der Waals surface area contributed by atoms with Crippen LogP contribution in [0.15, 0.2) is 24.3 Å². The largest absolute Gasteiger partial charge is 0.396 e. The summed E-state index contributed by atoms with van der Waals surface area (Å²) >= 11 is 0. The summed E-state index contributed by atoms with van der Waals surface area (Å²) in [6.45, 7) is 2.61. The molecule has 2 N–H and O–H groups in total. The van der Waals surface area contributed by atoms with E-state index < -0.39 is 5.82 Å². The molecule has 0 spiro atoms. The third kappa shape index (κ3) is 4.01. The smallest absolute Gasteiger partial charge is 0.225 e. The Balaban J connectivity index is 1.75. The standard InChI is InChI=1S/C14H19FN2O2/c15-12-3-1-2-4-13(12)16-14(19)6-8-17-7-5-11(9-17)10-18/h1-4,11,18H,5-10H2,(H,16,19).